The molecule has 0 aromatic heterocycles. The number of halogens is 2. The lowest BCUT2D eigenvalue weighted by Gasteiger charge is -2.12. The van der Waals surface area contributed by atoms with Gasteiger partial charge in [-0.15, -0.1) is 0 Å². The fourth-order valence-electron chi connectivity index (χ4n) is 1.94. The number of rotatable bonds is 4. The lowest BCUT2D eigenvalue weighted by Crippen LogP contribution is -2.25. The molecule has 18 heavy (non-hydrogen) atoms. The van der Waals surface area contributed by atoms with E-state index in [9.17, 15) is 4.39 Å². The van der Waals surface area contributed by atoms with Crippen LogP contribution in [0.3, 0.4) is 0 Å². The predicted molar refractivity (Wildman–Crippen MR) is 73.2 cm³/mol. The van der Waals surface area contributed by atoms with Gasteiger partial charge in [0.05, 0.1) is 0 Å². The van der Waals surface area contributed by atoms with Crippen LogP contribution in [0.1, 0.15) is 11.1 Å². The van der Waals surface area contributed by atoms with Crippen LogP contribution < -0.4 is 5.73 Å². The van der Waals surface area contributed by atoms with E-state index in [2.05, 4.69) is 0 Å². The van der Waals surface area contributed by atoms with Crippen molar-refractivity contribution in [1.82, 2.24) is 0 Å². The van der Waals surface area contributed by atoms with Crippen molar-refractivity contribution >= 4 is 11.6 Å². The Morgan fingerprint density at radius 1 is 1.00 bits per heavy atom. The van der Waals surface area contributed by atoms with Gasteiger partial charge in [-0.2, -0.15) is 0 Å². The molecule has 94 valence electrons. The van der Waals surface area contributed by atoms with E-state index in [1.54, 1.807) is 12.1 Å². The van der Waals surface area contributed by atoms with Gasteiger partial charge in [-0.1, -0.05) is 41.9 Å². The van der Waals surface area contributed by atoms with Crippen LogP contribution in [0.4, 0.5) is 4.39 Å². The second-order valence-electron chi connectivity index (χ2n) is 4.39. The summed E-state index contributed by atoms with van der Waals surface area (Å²) in [6.45, 7) is 0. The van der Waals surface area contributed by atoms with E-state index in [-0.39, 0.29) is 11.9 Å². The average Bonchev–Trinajstić information content (AvgIpc) is 2.35. The van der Waals surface area contributed by atoms with E-state index in [0.717, 1.165) is 5.56 Å². The highest BCUT2D eigenvalue weighted by Gasteiger charge is 2.08. The van der Waals surface area contributed by atoms with Crippen LogP contribution in [-0.4, -0.2) is 6.04 Å². The highest BCUT2D eigenvalue weighted by atomic mass is 35.5. The van der Waals surface area contributed by atoms with Crippen LogP contribution in [0.25, 0.3) is 0 Å². The van der Waals surface area contributed by atoms with Gasteiger partial charge in [0, 0.05) is 11.1 Å². The topological polar surface area (TPSA) is 26.0 Å². The van der Waals surface area contributed by atoms with Gasteiger partial charge in [0.15, 0.2) is 0 Å². The Bertz CT molecular complexity index is 510. The van der Waals surface area contributed by atoms with Gasteiger partial charge >= 0.3 is 0 Å². The van der Waals surface area contributed by atoms with E-state index in [0.29, 0.717) is 23.4 Å². The Balaban J connectivity index is 1.99. The first-order chi connectivity index (χ1) is 8.65. The molecule has 0 spiro atoms. The van der Waals surface area contributed by atoms with Crippen molar-refractivity contribution in [3.63, 3.8) is 0 Å². The third-order valence-electron chi connectivity index (χ3n) is 2.85. The van der Waals surface area contributed by atoms with E-state index in [1.807, 2.05) is 30.3 Å². The predicted octanol–water partition coefficient (Wildman–Crippen LogP) is 3.59. The summed E-state index contributed by atoms with van der Waals surface area (Å²) in [7, 11) is 0. The van der Waals surface area contributed by atoms with Crippen molar-refractivity contribution in [3.05, 3.63) is 70.5 Å². The molecule has 0 aliphatic rings. The zero-order chi connectivity index (χ0) is 13.0. The zero-order valence-corrected chi connectivity index (χ0v) is 10.7. The van der Waals surface area contributed by atoms with Crippen LogP contribution in [-0.2, 0) is 12.8 Å². The number of nitrogens with two attached hydrogens (primary N) is 1. The first-order valence-electron chi connectivity index (χ1n) is 5.88. The molecule has 0 fully saturated rings. The minimum atomic E-state index is -0.191. The maximum absolute atomic E-state index is 13.5. The van der Waals surface area contributed by atoms with Gasteiger partial charge in [0.1, 0.15) is 5.82 Å². The molecular formula is C15H15ClFN. The molecular weight excluding hydrogens is 249 g/mol. The van der Waals surface area contributed by atoms with Gasteiger partial charge in [-0.05, 0) is 42.2 Å². The molecule has 2 aromatic rings. The molecule has 0 saturated heterocycles. The normalized spacial score (nSPS) is 12.4. The first-order valence-corrected chi connectivity index (χ1v) is 6.26. The van der Waals surface area contributed by atoms with Crippen LogP contribution in [0.5, 0.6) is 0 Å². The molecule has 0 aliphatic carbocycles. The maximum atomic E-state index is 13.5. The molecule has 0 radical (unpaired) electrons. The van der Waals surface area contributed by atoms with Crippen LogP contribution in [0.15, 0.2) is 48.5 Å². The molecule has 0 aliphatic heterocycles. The summed E-state index contributed by atoms with van der Waals surface area (Å²) in [5, 5.41) is 0.710. The lowest BCUT2D eigenvalue weighted by atomic mass is 9.99. The van der Waals surface area contributed by atoms with Crippen molar-refractivity contribution < 1.29 is 4.39 Å². The summed E-state index contributed by atoms with van der Waals surface area (Å²) >= 11 is 5.82. The first kappa shape index (κ1) is 13.1. The molecule has 0 heterocycles. The molecule has 1 nitrogen and oxygen atoms in total. The lowest BCUT2D eigenvalue weighted by molar-refractivity contribution is 0.584. The van der Waals surface area contributed by atoms with Crippen LogP contribution >= 0.6 is 11.6 Å². The van der Waals surface area contributed by atoms with Crippen LogP contribution in [0, 0.1) is 5.82 Å². The fourth-order valence-corrected chi connectivity index (χ4v) is 2.07. The average molecular weight is 264 g/mol. The number of benzene rings is 2. The molecule has 2 aromatic carbocycles. The number of hydrogen-bond donors (Lipinski definition) is 1. The minimum Gasteiger partial charge on any atom is -0.327 e. The largest absolute Gasteiger partial charge is 0.327 e. The van der Waals surface area contributed by atoms with Crippen molar-refractivity contribution in [2.45, 2.75) is 18.9 Å². The Labute approximate surface area is 111 Å². The molecule has 2 rings (SSSR count). The Morgan fingerprint density at radius 2 is 1.67 bits per heavy atom. The Kier molecular flexibility index (Phi) is 4.34. The van der Waals surface area contributed by atoms with Crippen LogP contribution in [0.2, 0.25) is 5.02 Å². The molecule has 1 atom stereocenters. The van der Waals surface area contributed by atoms with E-state index in [1.165, 1.54) is 6.07 Å². The van der Waals surface area contributed by atoms with E-state index in [4.69, 9.17) is 17.3 Å². The number of hydrogen-bond acceptors (Lipinski definition) is 1. The van der Waals surface area contributed by atoms with E-state index < -0.39 is 0 Å². The SMILES string of the molecule is NC(Cc1ccc(Cl)cc1)Cc1ccccc1F. The summed E-state index contributed by atoms with van der Waals surface area (Å²) < 4.78 is 13.5. The third kappa shape index (κ3) is 3.56. The highest BCUT2D eigenvalue weighted by Crippen LogP contribution is 2.13. The quantitative estimate of drug-likeness (QED) is 0.896. The maximum Gasteiger partial charge on any atom is 0.126 e. The van der Waals surface area contributed by atoms with Gasteiger partial charge in [0.25, 0.3) is 0 Å². The summed E-state index contributed by atoms with van der Waals surface area (Å²) in [6, 6.07) is 14.2. The Hall–Kier alpha value is -1.38. The summed E-state index contributed by atoms with van der Waals surface area (Å²) in [4.78, 5) is 0. The van der Waals surface area contributed by atoms with E-state index >= 15 is 0 Å². The van der Waals surface area contributed by atoms with Crippen molar-refractivity contribution in [2.24, 2.45) is 5.73 Å². The molecule has 0 amide bonds. The Morgan fingerprint density at radius 3 is 2.33 bits per heavy atom. The molecule has 0 saturated carbocycles. The van der Waals surface area contributed by atoms with Gasteiger partial charge < -0.3 is 5.73 Å². The monoisotopic (exact) mass is 263 g/mol. The van der Waals surface area contributed by atoms with Crippen molar-refractivity contribution in [1.29, 1.82) is 0 Å². The molecule has 1 unspecified atom stereocenters. The van der Waals surface area contributed by atoms with Gasteiger partial charge in [0.2, 0.25) is 0 Å². The fraction of sp³-hybridized carbons (Fsp3) is 0.200. The standard InChI is InChI=1S/C15H15ClFN/c16-13-7-5-11(6-8-13)9-14(18)10-12-3-1-2-4-15(12)17/h1-8,14H,9-10,18H2. The smallest absolute Gasteiger partial charge is 0.126 e. The second-order valence-corrected chi connectivity index (χ2v) is 4.82. The van der Waals surface area contributed by atoms with Crippen molar-refractivity contribution in [2.75, 3.05) is 0 Å². The second kappa shape index (κ2) is 5.98. The minimum absolute atomic E-state index is 0.0944. The third-order valence-corrected chi connectivity index (χ3v) is 3.10. The summed E-state index contributed by atoms with van der Waals surface area (Å²) in [6.07, 6.45) is 1.25. The summed E-state index contributed by atoms with van der Waals surface area (Å²) in [5.74, 6) is -0.191. The zero-order valence-electron chi connectivity index (χ0n) is 9.94. The van der Waals surface area contributed by atoms with Gasteiger partial charge in [-0.3, -0.25) is 0 Å². The molecule has 3 heteroatoms. The van der Waals surface area contributed by atoms with Gasteiger partial charge in [-0.25, -0.2) is 4.39 Å². The molecule has 2 N–H and O–H groups in total. The highest BCUT2D eigenvalue weighted by molar-refractivity contribution is 6.30. The van der Waals surface area contributed by atoms with Crippen molar-refractivity contribution in [3.8, 4) is 0 Å². The summed E-state index contributed by atoms with van der Waals surface area (Å²) in [5.41, 5.74) is 7.82. The molecule has 0 bridgehead atoms.